The second kappa shape index (κ2) is 6.86. The summed E-state index contributed by atoms with van der Waals surface area (Å²) in [5.41, 5.74) is 2.67. The summed E-state index contributed by atoms with van der Waals surface area (Å²) in [5, 5.41) is 13.8. The molecule has 3 aromatic rings. The topological polar surface area (TPSA) is 94.4 Å². The van der Waals surface area contributed by atoms with E-state index in [9.17, 15) is 14.9 Å². The number of non-ortho nitro benzene ring substituents is 1. The molecule has 8 heteroatoms. The monoisotopic (exact) mass is 357 g/mol. The lowest BCUT2D eigenvalue weighted by Crippen LogP contribution is -2.20. The Bertz CT molecular complexity index is 968. The van der Waals surface area contributed by atoms with E-state index in [4.69, 9.17) is 4.74 Å². The van der Waals surface area contributed by atoms with E-state index in [-0.39, 0.29) is 18.2 Å². The quantitative estimate of drug-likeness (QED) is 0.553. The highest BCUT2D eigenvalue weighted by Crippen LogP contribution is 2.29. The number of amides is 1. The second-order valence-electron chi connectivity index (χ2n) is 5.46. The Morgan fingerprint density at radius 3 is 2.88 bits per heavy atom. The van der Waals surface area contributed by atoms with Crippen LogP contribution in [0.15, 0.2) is 36.4 Å². The number of nitro groups is 1. The molecule has 0 aliphatic carbocycles. The van der Waals surface area contributed by atoms with Gasteiger partial charge in [0.25, 0.3) is 11.6 Å². The predicted octanol–water partition coefficient (Wildman–Crippen LogP) is 3.84. The van der Waals surface area contributed by atoms with E-state index in [0.717, 1.165) is 11.1 Å². The molecule has 3 rings (SSSR count). The number of benzene rings is 2. The first kappa shape index (κ1) is 16.8. The average molecular weight is 357 g/mol. The summed E-state index contributed by atoms with van der Waals surface area (Å²) in [6, 6.07) is 10.0. The highest BCUT2D eigenvalue weighted by Gasteiger charge is 2.12. The number of rotatable bonds is 5. The van der Waals surface area contributed by atoms with E-state index in [0.29, 0.717) is 21.1 Å². The van der Waals surface area contributed by atoms with Gasteiger partial charge in [-0.05, 0) is 37.1 Å². The fourth-order valence-electron chi connectivity index (χ4n) is 2.26. The lowest BCUT2D eigenvalue weighted by Gasteiger charge is -2.10. The van der Waals surface area contributed by atoms with Crippen LogP contribution in [0.5, 0.6) is 5.75 Å². The van der Waals surface area contributed by atoms with Gasteiger partial charge in [0.1, 0.15) is 5.75 Å². The average Bonchev–Trinajstić information content (AvgIpc) is 2.97. The fourth-order valence-corrected chi connectivity index (χ4v) is 3.17. The summed E-state index contributed by atoms with van der Waals surface area (Å²) in [6.45, 7) is 3.77. The van der Waals surface area contributed by atoms with Gasteiger partial charge in [-0.25, -0.2) is 4.98 Å². The van der Waals surface area contributed by atoms with Gasteiger partial charge in [0, 0.05) is 12.1 Å². The first-order valence-corrected chi connectivity index (χ1v) is 8.29. The first-order valence-electron chi connectivity index (χ1n) is 7.48. The number of nitrogens with zero attached hydrogens (tertiary/aromatic N) is 2. The van der Waals surface area contributed by atoms with E-state index >= 15 is 0 Å². The van der Waals surface area contributed by atoms with E-state index in [1.807, 2.05) is 32.0 Å². The summed E-state index contributed by atoms with van der Waals surface area (Å²) in [4.78, 5) is 26.6. The molecule has 1 aromatic heterocycles. The molecule has 0 unspecified atom stereocenters. The van der Waals surface area contributed by atoms with Gasteiger partial charge in [-0.15, -0.1) is 0 Å². The number of carbonyl (C=O) groups is 1. The van der Waals surface area contributed by atoms with Gasteiger partial charge in [-0.2, -0.15) is 0 Å². The van der Waals surface area contributed by atoms with Crippen molar-refractivity contribution >= 4 is 38.3 Å². The Morgan fingerprint density at radius 1 is 1.32 bits per heavy atom. The number of nitro benzene ring substituents is 1. The number of fused-ring (bicyclic) bond motifs is 1. The molecule has 0 aliphatic rings. The Morgan fingerprint density at radius 2 is 2.12 bits per heavy atom. The standard InChI is InChI=1S/C17H15N3O4S/c1-10-4-3-5-14(11(10)2)24-9-16(21)19-17-18-13-7-6-12(20(22)23)8-15(13)25-17/h3-8H,9H2,1-2H3,(H,18,19,21). The van der Waals surface area contributed by atoms with E-state index in [1.165, 1.54) is 23.5 Å². The maximum atomic E-state index is 12.1. The zero-order valence-electron chi connectivity index (χ0n) is 13.6. The van der Waals surface area contributed by atoms with Crippen molar-refractivity contribution in [2.45, 2.75) is 13.8 Å². The van der Waals surface area contributed by atoms with Crippen molar-refractivity contribution in [1.82, 2.24) is 4.98 Å². The summed E-state index contributed by atoms with van der Waals surface area (Å²) in [6.07, 6.45) is 0. The molecule has 0 saturated carbocycles. The molecule has 1 heterocycles. The molecule has 0 bridgehead atoms. The third kappa shape index (κ3) is 3.74. The predicted molar refractivity (Wildman–Crippen MR) is 96.3 cm³/mol. The number of anilines is 1. The molecule has 25 heavy (non-hydrogen) atoms. The molecule has 1 N–H and O–H groups in total. The van der Waals surface area contributed by atoms with Crippen LogP contribution in [0.3, 0.4) is 0 Å². The van der Waals surface area contributed by atoms with Crippen molar-refractivity contribution in [2.75, 3.05) is 11.9 Å². The van der Waals surface area contributed by atoms with Gasteiger partial charge in [-0.1, -0.05) is 23.5 Å². The van der Waals surface area contributed by atoms with Crippen LogP contribution < -0.4 is 10.1 Å². The van der Waals surface area contributed by atoms with Crippen molar-refractivity contribution in [2.24, 2.45) is 0 Å². The first-order chi connectivity index (χ1) is 11.9. The molecule has 0 spiro atoms. The molecule has 0 aliphatic heterocycles. The van der Waals surface area contributed by atoms with E-state index in [1.54, 1.807) is 6.07 Å². The second-order valence-corrected chi connectivity index (χ2v) is 6.49. The van der Waals surface area contributed by atoms with Crippen molar-refractivity contribution in [1.29, 1.82) is 0 Å². The van der Waals surface area contributed by atoms with Gasteiger partial charge in [0.15, 0.2) is 11.7 Å². The van der Waals surface area contributed by atoms with Gasteiger partial charge < -0.3 is 4.74 Å². The lowest BCUT2D eigenvalue weighted by molar-refractivity contribution is -0.384. The van der Waals surface area contributed by atoms with Crippen LogP contribution >= 0.6 is 11.3 Å². The molecular formula is C17H15N3O4S. The summed E-state index contributed by atoms with van der Waals surface area (Å²) >= 11 is 1.18. The minimum Gasteiger partial charge on any atom is -0.483 e. The molecule has 0 fully saturated rings. The Labute approximate surface area is 147 Å². The molecule has 1 amide bonds. The maximum absolute atomic E-state index is 12.1. The summed E-state index contributed by atoms with van der Waals surface area (Å²) in [7, 11) is 0. The smallest absolute Gasteiger partial charge is 0.270 e. The van der Waals surface area contributed by atoms with Crippen LogP contribution in [-0.4, -0.2) is 22.4 Å². The molecule has 128 valence electrons. The fraction of sp³-hybridized carbons (Fsp3) is 0.176. The third-order valence-corrected chi connectivity index (χ3v) is 4.68. The minimum atomic E-state index is -0.463. The molecule has 2 aromatic carbocycles. The van der Waals surface area contributed by atoms with Crippen LogP contribution in [0, 0.1) is 24.0 Å². The third-order valence-electron chi connectivity index (χ3n) is 3.74. The molecule has 0 atom stereocenters. The number of ether oxygens (including phenoxy) is 1. The molecule has 7 nitrogen and oxygen atoms in total. The van der Waals surface area contributed by atoms with Gasteiger partial charge >= 0.3 is 0 Å². The number of thiazole rings is 1. The SMILES string of the molecule is Cc1cccc(OCC(=O)Nc2nc3ccc([N+](=O)[O-])cc3s2)c1C. The summed E-state index contributed by atoms with van der Waals surface area (Å²) in [5.74, 6) is 0.324. The Hall–Kier alpha value is -3.00. The Balaban J connectivity index is 1.67. The van der Waals surface area contributed by atoms with Gasteiger partial charge in [0.2, 0.25) is 0 Å². The normalized spacial score (nSPS) is 10.6. The van der Waals surface area contributed by atoms with Crippen molar-refractivity contribution in [3.63, 3.8) is 0 Å². The van der Waals surface area contributed by atoms with Crippen LogP contribution in [0.1, 0.15) is 11.1 Å². The number of aromatic nitrogens is 1. The molecule has 0 saturated heterocycles. The zero-order valence-corrected chi connectivity index (χ0v) is 14.4. The van der Waals surface area contributed by atoms with Gasteiger partial charge in [0.05, 0.1) is 15.1 Å². The van der Waals surface area contributed by atoms with Crippen LogP contribution in [0.25, 0.3) is 10.2 Å². The maximum Gasteiger partial charge on any atom is 0.270 e. The van der Waals surface area contributed by atoms with Gasteiger partial charge in [-0.3, -0.25) is 20.2 Å². The molecule has 0 radical (unpaired) electrons. The number of nitrogens with one attached hydrogen (secondary N) is 1. The molecular weight excluding hydrogens is 342 g/mol. The lowest BCUT2D eigenvalue weighted by atomic mass is 10.1. The Kier molecular flexibility index (Phi) is 4.62. The number of hydrogen-bond acceptors (Lipinski definition) is 6. The number of hydrogen-bond donors (Lipinski definition) is 1. The van der Waals surface area contributed by atoms with E-state index in [2.05, 4.69) is 10.3 Å². The van der Waals surface area contributed by atoms with Crippen molar-refractivity contribution in [3.05, 3.63) is 57.6 Å². The van der Waals surface area contributed by atoms with Crippen LogP contribution in [0.4, 0.5) is 10.8 Å². The highest BCUT2D eigenvalue weighted by molar-refractivity contribution is 7.22. The van der Waals surface area contributed by atoms with Crippen molar-refractivity contribution < 1.29 is 14.5 Å². The number of aryl methyl sites for hydroxylation is 1. The van der Waals surface area contributed by atoms with E-state index < -0.39 is 4.92 Å². The van der Waals surface area contributed by atoms with Crippen LogP contribution in [-0.2, 0) is 4.79 Å². The minimum absolute atomic E-state index is 0.00715. The zero-order chi connectivity index (χ0) is 18.0. The highest BCUT2D eigenvalue weighted by atomic mass is 32.1. The van der Waals surface area contributed by atoms with Crippen molar-refractivity contribution in [3.8, 4) is 5.75 Å². The summed E-state index contributed by atoms with van der Waals surface area (Å²) < 4.78 is 6.19. The van der Waals surface area contributed by atoms with Crippen LogP contribution in [0.2, 0.25) is 0 Å². The largest absolute Gasteiger partial charge is 0.483 e. The number of carbonyl (C=O) groups excluding carboxylic acids is 1.